The Morgan fingerprint density at radius 1 is 1.14 bits per heavy atom. The molecule has 7 nitrogen and oxygen atoms in total. The largest absolute Gasteiger partial charge is 0.493 e. The number of nitrogens with two attached hydrogens (primary N) is 1. The molecule has 0 aromatic carbocycles. The fraction of sp³-hybridized carbons (Fsp3) is 0.727. The van der Waals surface area contributed by atoms with Crippen molar-refractivity contribution in [2.24, 2.45) is 5.73 Å². The van der Waals surface area contributed by atoms with E-state index in [2.05, 4.69) is 18.8 Å². The number of carboxylic acids is 1. The summed E-state index contributed by atoms with van der Waals surface area (Å²) in [5.74, 6) is -0.770. The molecule has 0 aliphatic rings. The molecular weight excluding hydrogens is 372 g/mol. The van der Waals surface area contributed by atoms with Gasteiger partial charge in [0.1, 0.15) is 5.75 Å². The van der Waals surface area contributed by atoms with Crippen LogP contribution in [0.3, 0.4) is 0 Å². The van der Waals surface area contributed by atoms with Crippen molar-refractivity contribution in [2.75, 3.05) is 19.8 Å². The zero-order valence-corrected chi connectivity index (χ0v) is 17.9. The second-order valence-electron chi connectivity index (χ2n) is 7.54. The number of nitrogens with zero attached hydrogens (tertiary/aromatic N) is 1. The Bertz CT molecular complexity index is 584. The van der Waals surface area contributed by atoms with Crippen LogP contribution in [-0.4, -0.2) is 52.6 Å². The second-order valence-corrected chi connectivity index (χ2v) is 7.54. The molecule has 2 atom stereocenters. The number of unbranched alkanes of at least 4 members (excludes halogenated alkanes) is 6. The summed E-state index contributed by atoms with van der Waals surface area (Å²) in [4.78, 5) is 15.9. The van der Waals surface area contributed by atoms with Gasteiger partial charge in [0.2, 0.25) is 0 Å². The van der Waals surface area contributed by atoms with Crippen LogP contribution in [0.15, 0.2) is 18.3 Å². The zero-order chi connectivity index (χ0) is 21.5. The maximum absolute atomic E-state index is 11.7. The SMILES string of the molecule is CCCCCCCOc1ccnc(CC(O)(C(=O)O)C(N)COCCCCC)c1. The third kappa shape index (κ3) is 9.56. The fourth-order valence-corrected chi connectivity index (χ4v) is 2.98. The molecule has 2 unspecified atom stereocenters. The van der Waals surface area contributed by atoms with Crippen LogP contribution in [0.5, 0.6) is 5.75 Å². The first-order valence-electron chi connectivity index (χ1n) is 10.8. The van der Waals surface area contributed by atoms with Crippen LogP contribution in [0, 0.1) is 0 Å². The summed E-state index contributed by atoms with van der Waals surface area (Å²) in [6, 6.07) is 2.33. The highest BCUT2D eigenvalue weighted by Gasteiger charge is 2.43. The van der Waals surface area contributed by atoms with Gasteiger partial charge in [0.05, 0.1) is 19.3 Å². The van der Waals surface area contributed by atoms with E-state index >= 15 is 0 Å². The number of aliphatic hydroxyl groups is 1. The lowest BCUT2D eigenvalue weighted by molar-refractivity contribution is -0.162. The van der Waals surface area contributed by atoms with Crippen molar-refractivity contribution < 1.29 is 24.5 Å². The van der Waals surface area contributed by atoms with Crippen molar-refractivity contribution in [3.05, 3.63) is 24.0 Å². The third-order valence-corrected chi connectivity index (χ3v) is 4.93. The molecule has 166 valence electrons. The lowest BCUT2D eigenvalue weighted by atomic mass is 9.89. The zero-order valence-electron chi connectivity index (χ0n) is 17.9. The van der Waals surface area contributed by atoms with Crippen molar-refractivity contribution in [2.45, 2.75) is 83.3 Å². The van der Waals surface area contributed by atoms with Gasteiger partial charge in [-0.15, -0.1) is 0 Å². The average molecular weight is 411 g/mol. The summed E-state index contributed by atoms with van der Waals surface area (Å²) in [7, 11) is 0. The van der Waals surface area contributed by atoms with Crippen molar-refractivity contribution in [1.82, 2.24) is 4.98 Å². The van der Waals surface area contributed by atoms with Gasteiger partial charge in [0.15, 0.2) is 5.60 Å². The van der Waals surface area contributed by atoms with E-state index in [9.17, 15) is 15.0 Å². The van der Waals surface area contributed by atoms with Gasteiger partial charge in [0, 0.05) is 31.0 Å². The monoisotopic (exact) mass is 410 g/mol. The third-order valence-electron chi connectivity index (χ3n) is 4.93. The summed E-state index contributed by atoms with van der Waals surface area (Å²) < 4.78 is 11.2. The number of hydrogen-bond acceptors (Lipinski definition) is 6. The van der Waals surface area contributed by atoms with Crippen molar-refractivity contribution in [1.29, 1.82) is 0 Å². The van der Waals surface area contributed by atoms with Crippen LogP contribution in [0.25, 0.3) is 0 Å². The summed E-state index contributed by atoms with van der Waals surface area (Å²) >= 11 is 0. The number of carbonyl (C=O) groups is 1. The molecule has 0 radical (unpaired) electrons. The highest BCUT2D eigenvalue weighted by molar-refractivity contribution is 5.78. The fourth-order valence-electron chi connectivity index (χ4n) is 2.98. The Labute approximate surface area is 174 Å². The number of carboxylic acid groups (broad SMARTS) is 1. The minimum Gasteiger partial charge on any atom is -0.493 e. The lowest BCUT2D eigenvalue weighted by Gasteiger charge is -2.29. The molecule has 7 heteroatoms. The molecule has 0 aliphatic heterocycles. The van der Waals surface area contributed by atoms with Gasteiger partial charge in [-0.05, 0) is 18.9 Å². The Balaban J connectivity index is 2.60. The number of pyridine rings is 1. The van der Waals surface area contributed by atoms with Gasteiger partial charge in [0.25, 0.3) is 0 Å². The standard InChI is InChI=1S/C22H38N2O5/c1-3-5-7-8-10-14-29-19-11-12-24-18(15-19)16-22(27,21(25)26)20(23)17-28-13-9-6-4-2/h11-12,15,20,27H,3-10,13-14,16-17,23H2,1-2H3,(H,25,26). The lowest BCUT2D eigenvalue weighted by Crippen LogP contribution is -2.57. The predicted molar refractivity (Wildman–Crippen MR) is 113 cm³/mol. The molecule has 0 aliphatic carbocycles. The molecule has 1 heterocycles. The number of hydrogen-bond donors (Lipinski definition) is 3. The van der Waals surface area contributed by atoms with Crippen molar-refractivity contribution in [3.63, 3.8) is 0 Å². The summed E-state index contributed by atoms with van der Waals surface area (Å²) in [6.07, 6.45) is 10.0. The molecule has 0 bridgehead atoms. The molecule has 0 fully saturated rings. The van der Waals surface area contributed by atoms with E-state index in [-0.39, 0.29) is 13.0 Å². The van der Waals surface area contributed by atoms with Crippen LogP contribution in [0.4, 0.5) is 0 Å². The smallest absolute Gasteiger partial charge is 0.337 e. The van der Waals surface area contributed by atoms with Gasteiger partial charge in [-0.2, -0.15) is 0 Å². The van der Waals surface area contributed by atoms with E-state index in [1.807, 2.05) is 0 Å². The van der Waals surface area contributed by atoms with Crippen LogP contribution in [0.1, 0.15) is 70.9 Å². The molecule has 29 heavy (non-hydrogen) atoms. The summed E-state index contributed by atoms with van der Waals surface area (Å²) in [5, 5.41) is 20.3. The van der Waals surface area contributed by atoms with E-state index in [4.69, 9.17) is 15.2 Å². The molecular formula is C22H38N2O5. The Kier molecular flexibility index (Phi) is 12.5. The number of rotatable bonds is 17. The Morgan fingerprint density at radius 2 is 1.79 bits per heavy atom. The molecule has 0 spiro atoms. The maximum Gasteiger partial charge on any atom is 0.337 e. The highest BCUT2D eigenvalue weighted by atomic mass is 16.5. The molecule has 1 aromatic rings. The minimum atomic E-state index is -2.16. The molecule has 4 N–H and O–H groups in total. The summed E-state index contributed by atoms with van der Waals surface area (Å²) in [5.41, 5.74) is 4.24. The van der Waals surface area contributed by atoms with E-state index in [1.165, 1.54) is 19.3 Å². The van der Waals surface area contributed by atoms with Crippen LogP contribution in [-0.2, 0) is 16.0 Å². The first kappa shape index (κ1) is 25.3. The van der Waals surface area contributed by atoms with Crippen LogP contribution < -0.4 is 10.5 Å². The second kappa shape index (κ2) is 14.3. The van der Waals surface area contributed by atoms with Crippen molar-refractivity contribution in [3.8, 4) is 5.75 Å². The molecule has 0 amide bonds. The number of aromatic nitrogens is 1. The molecule has 1 aromatic heterocycles. The van der Waals surface area contributed by atoms with E-state index < -0.39 is 17.6 Å². The quantitative estimate of drug-likeness (QED) is 0.337. The van der Waals surface area contributed by atoms with Crippen LogP contribution >= 0.6 is 0 Å². The average Bonchev–Trinajstić information content (AvgIpc) is 2.70. The van der Waals surface area contributed by atoms with Crippen molar-refractivity contribution >= 4 is 5.97 Å². The first-order valence-corrected chi connectivity index (χ1v) is 10.8. The van der Waals surface area contributed by atoms with Gasteiger partial charge < -0.3 is 25.4 Å². The Hall–Kier alpha value is -1.70. The van der Waals surface area contributed by atoms with Crippen LogP contribution in [0.2, 0.25) is 0 Å². The normalized spacial score (nSPS) is 14.3. The maximum atomic E-state index is 11.7. The van der Waals surface area contributed by atoms with E-state index in [0.717, 1.165) is 32.1 Å². The predicted octanol–water partition coefficient (Wildman–Crippen LogP) is 3.32. The summed E-state index contributed by atoms with van der Waals surface area (Å²) in [6.45, 7) is 5.34. The Morgan fingerprint density at radius 3 is 2.48 bits per heavy atom. The van der Waals surface area contributed by atoms with Gasteiger partial charge in [-0.1, -0.05) is 52.4 Å². The van der Waals surface area contributed by atoms with Gasteiger partial charge in [-0.3, -0.25) is 4.98 Å². The number of aliphatic carboxylic acids is 1. The highest BCUT2D eigenvalue weighted by Crippen LogP contribution is 2.20. The molecule has 1 rings (SSSR count). The van der Waals surface area contributed by atoms with E-state index in [1.54, 1.807) is 18.3 Å². The van der Waals surface area contributed by atoms with Gasteiger partial charge in [-0.25, -0.2) is 4.79 Å². The molecule has 0 saturated carbocycles. The minimum absolute atomic E-state index is 0.0273. The topological polar surface area (TPSA) is 115 Å². The molecule has 0 saturated heterocycles. The number of ether oxygens (including phenoxy) is 2. The van der Waals surface area contributed by atoms with E-state index in [0.29, 0.717) is 24.7 Å². The first-order chi connectivity index (χ1) is 13.9. The van der Waals surface area contributed by atoms with Gasteiger partial charge >= 0.3 is 5.97 Å².